The molecule has 0 aliphatic carbocycles. The molecule has 3 aromatic rings. The van der Waals surface area contributed by atoms with Crippen molar-refractivity contribution in [3.63, 3.8) is 0 Å². The van der Waals surface area contributed by atoms with Crippen LogP contribution in [0.4, 0.5) is 5.69 Å². The van der Waals surface area contributed by atoms with E-state index in [1.807, 2.05) is 35.7 Å². The molecule has 0 bridgehead atoms. The summed E-state index contributed by atoms with van der Waals surface area (Å²) in [6.45, 7) is 3.23. The van der Waals surface area contributed by atoms with Crippen LogP contribution in [0.15, 0.2) is 47.5 Å². The van der Waals surface area contributed by atoms with Gasteiger partial charge in [0.15, 0.2) is 0 Å². The first kappa shape index (κ1) is 21.8. The van der Waals surface area contributed by atoms with Crippen molar-refractivity contribution in [1.82, 2.24) is 13.7 Å². The van der Waals surface area contributed by atoms with Crippen molar-refractivity contribution in [1.29, 1.82) is 0 Å². The zero-order valence-electron chi connectivity index (χ0n) is 17.0. The lowest BCUT2D eigenvalue weighted by Gasteiger charge is -2.26. The Morgan fingerprint density at radius 2 is 2.00 bits per heavy atom. The highest BCUT2D eigenvalue weighted by atomic mass is 35.5. The second-order valence-electron chi connectivity index (χ2n) is 7.28. The number of aromatic nitrogens is 2. The van der Waals surface area contributed by atoms with Gasteiger partial charge >= 0.3 is 0 Å². The zero-order chi connectivity index (χ0) is 22.0. The van der Waals surface area contributed by atoms with Gasteiger partial charge in [-0.05, 0) is 43.7 Å². The van der Waals surface area contributed by atoms with Gasteiger partial charge in [0.25, 0.3) is 0 Å². The van der Waals surface area contributed by atoms with Crippen molar-refractivity contribution < 1.29 is 17.9 Å². The first-order chi connectivity index (χ1) is 14.9. The van der Waals surface area contributed by atoms with E-state index >= 15 is 0 Å². The van der Waals surface area contributed by atoms with Gasteiger partial charge in [-0.15, -0.1) is 0 Å². The van der Waals surface area contributed by atoms with Crippen LogP contribution in [0.3, 0.4) is 0 Å². The summed E-state index contributed by atoms with van der Waals surface area (Å²) in [5.74, 6) is -0.256. The molecule has 1 aliphatic rings. The van der Waals surface area contributed by atoms with E-state index in [9.17, 15) is 13.2 Å². The lowest BCUT2D eigenvalue weighted by atomic mass is 10.2. The number of ether oxygens (including phenoxy) is 1. The van der Waals surface area contributed by atoms with Crippen LogP contribution in [0.1, 0.15) is 17.8 Å². The van der Waals surface area contributed by atoms with Crippen LogP contribution < -0.4 is 5.32 Å². The summed E-state index contributed by atoms with van der Waals surface area (Å²) in [6.07, 6.45) is 2.62. The summed E-state index contributed by atoms with van der Waals surface area (Å²) < 4.78 is 34.3. The Labute approximate surface area is 185 Å². The lowest BCUT2D eigenvalue weighted by molar-refractivity contribution is -0.116. The van der Waals surface area contributed by atoms with Crippen molar-refractivity contribution in [3.05, 3.63) is 59.0 Å². The van der Waals surface area contributed by atoms with Gasteiger partial charge in [0, 0.05) is 31.4 Å². The van der Waals surface area contributed by atoms with Gasteiger partial charge in [-0.25, -0.2) is 13.4 Å². The van der Waals surface area contributed by atoms with Gasteiger partial charge in [0.05, 0.1) is 34.5 Å². The van der Waals surface area contributed by atoms with Crippen LogP contribution in [0.2, 0.25) is 5.02 Å². The van der Waals surface area contributed by atoms with Gasteiger partial charge < -0.3 is 14.5 Å². The van der Waals surface area contributed by atoms with E-state index in [1.165, 1.54) is 22.5 Å². The Balaban J connectivity index is 1.48. The van der Waals surface area contributed by atoms with Crippen LogP contribution in [0.5, 0.6) is 0 Å². The number of benzene rings is 1. The van der Waals surface area contributed by atoms with E-state index in [4.69, 9.17) is 16.3 Å². The number of hydrogen-bond donors (Lipinski definition) is 1. The second kappa shape index (κ2) is 8.96. The van der Waals surface area contributed by atoms with Crippen molar-refractivity contribution >= 4 is 38.9 Å². The maximum Gasteiger partial charge on any atom is 0.243 e. The maximum atomic E-state index is 12.9. The van der Waals surface area contributed by atoms with E-state index in [0.29, 0.717) is 32.7 Å². The SMILES string of the molecule is Cc1nc2ccccn2c1CCC(=O)Nc1cc(S(=O)(=O)N2CCOCC2)ccc1Cl. The molecule has 10 heteroatoms. The molecule has 164 valence electrons. The minimum absolute atomic E-state index is 0.0896. The number of carbonyl (C=O) groups is 1. The number of nitrogens with one attached hydrogen (secondary N) is 1. The molecular formula is C21H23ClN4O4S. The fourth-order valence-corrected chi connectivity index (χ4v) is 5.21. The number of nitrogens with zero attached hydrogens (tertiary/aromatic N) is 3. The summed E-state index contributed by atoms with van der Waals surface area (Å²) in [4.78, 5) is 17.2. The molecule has 1 amide bonds. The quantitative estimate of drug-likeness (QED) is 0.608. The summed E-state index contributed by atoms with van der Waals surface area (Å²) >= 11 is 6.22. The van der Waals surface area contributed by atoms with Gasteiger partial charge in [-0.3, -0.25) is 4.79 Å². The van der Waals surface area contributed by atoms with E-state index in [2.05, 4.69) is 10.3 Å². The fraction of sp³-hybridized carbons (Fsp3) is 0.333. The van der Waals surface area contributed by atoms with Crippen LogP contribution in [-0.4, -0.2) is 54.3 Å². The van der Waals surface area contributed by atoms with Crippen molar-refractivity contribution in [3.8, 4) is 0 Å². The molecule has 2 aromatic heterocycles. The summed E-state index contributed by atoms with van der Waals surface area (Å²) in [6, 6.07) is 10.1. The Morgan fingerprint density at radius 3 is 2.77 bits per heavy atom. The molecule has 0 saturated carbocycles. The number of morpholine rings is 1. The number of fused-ring (bicyclic) bond motifs is 1. The minimum Gasteiger partial charge on any atom is -0.379 e. The molecule has 1 saturated heterocycles. The van der Waals surface area contributed by atoms with E-state index in [0.717, 1.165) is 17.0 Å². The Kier molecular flexibility index (Phi) is 6.29. The highest BCUT2D eigenvalue weighted by Crippen LogP contribution is 2.27. The molecule has 0 atom stereocenters. The molecule has 1 aliphatic heterocycles. The molecule has 3 heterocycles. The number of sulfonamides is 1. The molecule has 0 radical (unpaired) electrons. The molecule has 8 nitrogen and oxygen atoms in total. The first-order valence-corrected chi connectivity index (χ1v) is 11.8. The number of halogens is 1. The number of pyridine rings is 1. The first-order valence-electron chi connectivity index (χ1n) is 9.96. The van der Waals surface area contributed by atoms with Crippen LogP contribution in [0, 0.1) is 6.92 Å². The predicted molar refractivity (Wildman–Crippen MR) is 118 cm³/mol. The average molecular weight is 463 g/mol. The topological polar surface area (TPSA) is 93.0 Å². The third kappa shape index (κ3) is 4.59. The third-order valence-corrected chi connectivity index (χ3v) is 7.46. The highest BCUT2D eigenvalue weighted by Gasteiger charge is 2.27. The van der Waals surface area contributed by atoms with E-state index < -0.39 is 10.0 Å². The third-order valence-electron chi connectivity index (χ3n) is 5.24. The van der Waals surface area contributed by atoms with Gasteiger partial charge in [-0.2, -0.15) is 4.31 Å². The second-order valence-corrected chi connectivity index (χ2v) is 9.62. The highest BCUT2D eigenvalue weighted by molar-refractivity contribution is 7.89. The van der Waals surface area contributed by atoms with Crippen molar-refractivity contribution in [2.75, 3.05) is 31.6 Å². The van der Waals surface area contributed by atoms with E-state index in [-0.39, 0.29) is 27.9 Å². The summed E-state index contributed by atoms with van der Waals surface area (Å²) in [5.41, 5.74) is 2.94. The number of hydrogen-bond acceptors (Lipinski definition) is 5. The zero-order valence-corrected chi connectivity index (χ0v) is 18.6. The molecule has 0 unspecified atom stereocenters. The number of imidazole rings is 1. The van der Waals surface area contributed by atoms with Gasteiger partial charge in [0.2, 0.25) is 15.9 Å². The molecular weight excluding hydrogens is 440 g/mol. The molecule has 4 rings (SSSR count). The Hall–Kier alpha value is -2.46. The van der Waals surface area contributed by atoms with E-state index in [1.54, 1.807) is 0 Å². The van der Waals surface area contributed by atoms with Crippen LogP contribution in [0.25, 0.3) is 5.65 Å². The van der Waals surface area contributed by atoms with Crippen molar-refractivity contribution in [2.45, 2.75) is 24.7 Å². The molecule has 1 N–H and O–H groups in total. The average Bonchev–Trinajstić information content (AvgIpc) is 3.09. The Bertz CT molecular complexity index is 1220. The number of anilines is 1. The lowest BCUT2D eigenvalue weighted by Crippen LogP contribution is -2.40. The van der Waals surface area contributed by atoms with Crippen molar-refractivity contribution in [2.24, 2.45) is 0 Å². The standard InChI is InChI=1S/C21H23ClN4O4S/c1-15-19(26-9-3-2-4-20(26)23-15)7-8-21(27)24-18-14-16(5-6-17(18)22)31(28,29)25-10-12-30-13-11-25/h2-6,9,14H,7-8,10-13H2,1H3,(H,24,27). The smallest absolute Gasteiger partial charge is 0.243 e. The van der Waals surface area contributed by atoms with Gasteiger partial charge in [-0.1, -0.05) is 17.7 Å². The van der Waals surface area contributed by atoms with Crippen LogP contribution >= 0.6 is 11.6 Å². The van der Waals surface area contributed by atoms with Gasteiger partial charge in [0.1, 0.15) is 5.65 Å². The predicted octanol–water partition coefficient (Wildman–Crippen LogP) is 2.89. The summed E-state index contributed by atoms with van der Waals surface area (Å²) in [5, 5.41) is 3.03. The molecule has 31 heavy (non-hydrogen) atoms. The maximum absolute atomic E-state index is 12.9. The Morgan fingerprint density at radius 1 is 1.23 bits per heavy atom. The monoisotopic (exact) mass is 462 g/mol. The molecule has 1 aromatic carbocycles. The molecule has 0 spiro atoms. The minimum atomic E-state index is -3.68. The normalized spacial score (nSPS) is 15.3. The number of rotatable bonds is 6. The van der Waals surface area contributed by atoms with Crippen LogP contribution in [-0.2, 0) is 26.0 Å². The fourth-order valence-electron chi connectivity index (χ4n) is 3.61. The number of amides is 1. The number of carbonyl (C=O) groups excluding carboxylic acids is 1. The molecule has 1 fully saturated rings. The number of aryl methyl sites for hydroxylation is 2. The largest absolute Gasteiger partial charge is 0.379 e. The summed E-state index contributed by atoms with van der Waals surface area (Å²) in [7, 11) is -3.68.